The van der Waals surface area contributed by atoms with Gasteiger partial charge in [0.05, 0.1) is 18.5 Å². The Hall–Kier alpha value is -1.33. The number of nitrogens with two attached hydrogens (primary N) is 1. The maximum absolute atomic E-state index is 5.63. The van der Waals surface area contributed by atoms with Gasteiger partial charge >= 0.3 is 0 Å². The van der Waals surface area contributed by atoms with E-state index in [0.29, 0.717) is 6.54 Å². The molecule has 2 rings (SSSR count). The van der Waals surface area contributed by atoms with Gasteiger partial charge in [0, 0.05) is 16.6 Å². The Morgan fingerprint density at radius 3 is 2.82 bits per heavy atom. The van der Waals surface area contributed by atoms with Crippen LogP contribution in [0.1, 0.15) is 11.3 Å². The summed E-state index contributed by atoms with van der Waals surface area (Å²) in [7, 11) is 1.65. The summed E-state index contributed by atoms with van der Waals surface area (Å²) in [6.45, 7) is 2.45. The average molecular weight is 296 g/mol. The van der Waals surface area contributed by atoms with Gasteiger partial charge in [0.2, 0.25) is 0 Å². The van der Waals surface area contributed by atoms with Gasteiger partial charge < -0.3 is 10.5 Å². The fourth-order valence-corrected chi connectivity index (χ4v) is 2.12. The summed E-state index contributed by atoms with van der Waals surface area (Å²) in [6, 6.07) is 5.84. The summed E-state index contributed by atoms with van der Waals surface area (Å²) in [5.41, 5.74) is 9.47. The lowest BCUT2D eigenvalue weighted by Gasteiger charge is -2.07. The molecule has 5 heteroatoms. The molecule has 1 heterocycles. The van der Waals surface area contributed by atoms with E-state index in [2.05, 4.69) is 26.1 Å². The second-order valence-electron chi connectivity index (χ2n) is 3.72. The van der Waals surface area contributed by atoms with Crippen LogP contribution in [0.4, 0.5) is 0 Å². The van der Waals surface area contributed by atoms with Crippen molar-refractivity contribution in [1.29, 1.82) is 0 Å². The van der Waals surface area contributed by atoms with Gasteiger partial charge in [-0.1, -0.05) is 15.9 Å². The van der Waals surface area contributed by atoms with E-state index in [9.17, 15) is 0 Å². The highest BCUT2D eigenvalue weighted by Crippen LogP contribution is 2.33. The number of ether oxygens (including phenoxy) is 1. The number of aromatic amines is 1. The van der Waals surface area contributed by atoms with Crippen LogP contribution in [0.3, 0.4) is 0 Å². The van der Waals surface area contributed by atoms with Crippen LogP contribution in [0.5, 0.6) is 5.75 Å². The molecule has 1 aromatic heterocycles. The molecule has 0 amide bonds. The topological polar surface area (TPSA) is 63.9 Å². The van der Waals surface area contributed by atoms with Crippen molar-refractivity contribution in [1.82, 2.24) is 10.2 Å². The smallest absolute Gasteiger partial charge is 0.128 e. The van der Waals surface area contributed by atoms with Crippen LogP contribution in [0.2, 0.25) is 0 Å². The predicted molar refractivity (Wildman–Crippen MR) is 70.9 cm³/mol. The molecule has 0 fully saturated rings. The van der Waals surface area contributed by atoms with Crippen molar-refractivity contribution >= 4 is 15.9 Å². The van der Waals surface area contributed by atoms with Gasteiger partial charge in [0.15, 0.2) is 0 Å². The molecule has 90 valence electrons. The van der Waals surface area contributed by atoms with Gasteiger partial charge in [0.1, 0.15) is 5.75 Å². The van der Waals surface area contributed by atoms with Gasteiger partial charge in [-0.15, -0.1) is 0 Å². The maximum Gasteiger partial charge on any atom is 0.128 e. The number of nitrogens with zero attached hydrogens (tertiary/aromatic N) is 1. The minimum Gasteiger partial charge on any atom is -0.496 e. The van der Waals surface area contributed by atoms with E-state index in [1.807, 2.05) is 25.1 Å². The number of hydrogen-bond donors (Lipinski definition) is 2. The van der Waals surface area contributed by atoms with E-state index in [0.717, 1.165) is 32.7 Å². The molecule has 1 aromatic carbocycles. The lowest BCUT2D eigenvalue weighted by atomic mass is 10.1. The van der Waals surface area contributed by atoms with Crippen LogP contribution in [-0.2, 0) is 6.54 Å². The minimum absolute atomic E-state index is 0.454. The number of methoxy groups -OCH3 is 1. The Labute approximate surface area is 108 Å². The summed E-state index contributed by atoms with van der Waals surface area (Å²) in [5.74, 6) is 0.798. The minimum atomic E-state index is 0.454. The SMILES string of the molecule is COc1ccc(Br)cc1-c1n[nH]c(CN)c1C. The van der Waals surface area contributed by atoms with Gasteiger partial charge in [0.25, 0.3) is 0 Å². The Balaban J connectivity index is 2.58. The third-order valence-electron chi connectivity index (χ3n) is 2.73. The van der Waals surface area contributed by atoms with Crippen LogP contribution >= 0.6 is 15.9 Å². The summed E-state index contributed by atoms with van der Waals surface area (Å²) in [6.07, 6.45) is 0. The molecule has 0 aliphatic carbocycles. The quantitative estimate of drug-likeness (QED) is 0.915. The molecule has 0 unspecified atom stereocenters. The summed E-state index contributed by atoms with van der Waals surface area (Å²) in [5, 5.41) is 7.25. The second kappa shape index (κ2) is 4.89. The highest BCUT2D eigenvalue weighted by Gasteiger charge is 2.14. The zero-order valence-electron chi connectivity index (χ0n) is 9.75. The van der Waals surface area contributed by atoms with E-state index in [-0.39, 0.29) is 0 Å². The first-order valence-electron chi connectivity index (χ1n) is 5.25. The largest absolute Gasteiger partial charge is 0.496 e. The number of nitrogens with one attached hydrogen (secondary N) is 1. The first-order chi connectivity index (χ1) is 8.17. The van der Waals surface area contributed by atoms with E-state index < -0.39 is 0 Å². The van der Waals surface area contributed by atoms with E-state index in [1.54, 1.807) is 7.11 Å². The molecule has 0 bridgehead atoms. The zero-order valence-corrected chi connectivity index (χ0v) is 11.3. The molecule has 0 saturated heterocycles. The summed E-state index contributed by atoms with van der Waals surface area (Å²) >= 11 is 3.45. The van der Waals surface area contributed by atoms with Crippen molar-refractivity contribution in [2.24, 2.45) is 5.73 Å². The lowest BCUT2D eigenvalue weighted by Crippen LogP contribution is -1.98. The third kappa shape index (κ3) is 2.21. The Bertz CT molecular complexity index is 537. The fourth-order valence-electron chi connectivity index (χ4n) is 1.76. The lowest BCUT2D eigenvalue weighted by molar-refractivity contribution is 0.416. The predicted octanol–water partition coefficient (Wildman–Crippen LogP) is 2.61. The molecule has 0 atom stereocenters. The number of halogens is 1. The number of hydrogen-bond acceptors (Lipinski definition) is 3. The second-order valence-corrected chi connectivity index (χ2v) is 4.64. The number of H-pyrrole nitrogens is 1. The van der Waals surface area contributed by atoms with Gasteiger partial charge in [-0.05, 0) is 30.7 Å². The molecule has 0 spiro atoms. The van der Waals surface area contributed by atoms with E-state index >= 15 is 0 Å². The maximum atomic E-state index is 5.63. The van der Waals surface area contributed by atoms with Crippen LogP contribution in [0.25, 0.3) is 11.3 Å². The van der Waals surface area contributed by atoms with Crippen molar-refractivity contribution in [2.75, 3.05) is 7.11 Å². The highest BCUT2D eigenvalue weighted by molar-refractivity contribution is 9.10. The first kappa shape index (κ1) is 12.1. The molecular weight excluding hydrogens is 282 g/mol. The van der Waals surface area contributed by atoms with Crippen molar-refractivity contribution in [3.63, 3.8) is 0 Å². The van der Waals surface area contributed by atoms with Crippen molar-refractivity contribution < 1.29 is 4.74 Å². The summed E-state index contributed by atoms with van der Waals surface area (Å²) in [4.78, 5) is 0. The van der Waals surface area contributed by atoms with Crippen LogP contribution in [0.15, 0.2) is 22.7 Å². The molecule has 3 N–H and O–H groups in total. The average Bonchev–Trinajstić information content (AvgIpc) is 2.70. The monoisotopic (exact) mass is 295 g/mol. The van der Waals surface area contributed by atoms with Gasteiger partial charge in [-0.3, -0.25) is 5.10 Å². The van der Waals surface area contributed by atoms with Crippen molar-refractivity contribution in [3.8, 4) is 17.0 Å². The summed E-state index contributed by atoms with van der Waals surface area (Å²) < 4.78 is 6.34. The first-order valence-corrected chi connectivity index (χ1v) is 6.04. The Morgan fingerprint density at radius 2 is 2.24 bits per heavy atom. The van der Waals surface area contributed by atoms with E-state index in [1.165, 1.54) is 0 Å². The third-order valence-corrected chi connectivity index (χ3v) is 3.22. The Morgan fingerprint density at radius 1 is 1.47 bits per heavy atom. The normalized spacial score (nSPS) is 10.6. The molecule has 17 heavy (non-hydrogen) atoms. The molecule has 2 aromatic rings. The molecule has 4 nitrogen and oxygen atoms in total. The van der Waals surface area contributed by atoms with Crippen LogP contribution in [-0.4, -0.2) is 17.3 Å². The van der Waals surface area contributed by atoms with Crippen molar-refractivity contribution in [3.05, 3.63) is 33.9 Å². The molecular formula is C12H14BrN3O. The van der Waals surface area contributed by atoms with Gasteiger partial charge in [-0.2, -0.15) is 5.10 Å². The van der Waals surface area contributed by atoms with Gasteiger partial charge in [-0.25, -0.2) is 0 Å². The standard InChI is InChI=1S/C12H14BrN3O/c1-7-10(6-14)15-16-12(7)9-5-8(13)3-4-11(9)17-2/h3-5H,6,14H2,1-2H3,(H,15,16). The Kier molecular flexibility index (Phi) is 3.49. The number of rotatable bonds is 3. The number of benzene rings is 1. The zero-order chi connectivity index (χ0) is 12.4. The molecule has 0 saturated carbocycles. The van der Waals surface area contributed by atoms with Crippen LogP contribution in [0, 0.1) is 6.92 Å². The number of aromatic nitrogens is 2. The molecule has 0 radical (unpaired) electrons. The molecule has 0 aliphatic heterocycles. The fraction of sp³-hybridized carbons (Fsp3) is 0.250. The van der Waals surface area contributed by atoms with Crippen LogP contribution < -0.4 is 10.5 Å². The highest BCUT2D eigenvalue weighted by atomic mass is 79.9. The van der Waals surface area contributed by atoms with E-state index in [4.69, 9.17) is 10.5 Å². The molecule has 0 aliphatic rings. The van der Waals surface area contributed by atoms with Crippen molar-refractivity contribution in [2.45, 2.75) is 13.5 Å².